The van der Waals surface area contributed by atoms with Gasteiger partial charge in [0.15, 0.2) is 6.61 Å². The summed E-state index contributed by atoms with van der Waals surface area (Å²) in [5.74, 6) is 0.756. The summed E-state index contributed by atoms with van der Waals surface area (Å²) >= 11 is 3.32. The number of nitrogens with zero attached hydrogens (tertiary/aromatic N) is 1. The zero-order valence-corrected chi connectivity index (χ0v) is 8.86. The fraction of sp³-hybridized carbons (Fsp3) is 0.333. The minimum atomic E-state index is -0.614. The van der Waals surface area contributed by atoms with Crippen LogP contribution < -0.4 is 4.74 Å². The van der Waals surface area contributed by atoms with E-state index in [1.807, 2.05) is 18.2 Å². The minimum absolute atomic E-state index is 0.168. The molecule has 0 radical (unpaired) electrons. The van der Waals surface area contributed by atoms with Crippen molar-refractivity contribution in [2.75, 3.05) is 6.61 Å². The Bertz CT molecular complexity index is 380. The maximum absolute atomic E-state index is 10.6. The number of fused-ring (bicyclic) bond motifs is 1. The van der Waals surface area contributed by atoms with Gasteiger partial charge in [-0.3, -0.25) is 10.1 Å². The van der Waals surface area contributed by atoms with Gasteiger partial charge in [0.25, 0.3) is 6.04 Å². The fourth-order valence-corrected chi connectivity index (χ4v) is 1.89. The lowest BCUT2D eigenvalue weighted by atomic mass is 10.0. The van der Waals surface area contributed by atoms with Crippen LogP contribution in [0.3, 0.4) is 0 Å². The molecule has 0 aromatic heterocycles. The van der Waals surface area contributed by atoms with E-state index in [9.17, 15) is 10.1 Å². The normalized spacial score (nSPS) is 19.6. The average Bonchev–Trinajstić information content (AvgIpc) is 2.16. The number of benzene rings is 1. The van der Waals surface area contributed by atoms with Gasteiger partial charge in [-0.25, -0.2) is 0 Å². The number of ether oxygens (including phenoxy) is 1. The smallest absolute Gasteiger partial charge is 0.250 e. The van der Waals surface area contributed by atoms with Crippen LogP contribution in [0.2, 0.25) is 0 Å². The van der Waals surface area contributed by atoms with Crippen LogP contribution in [0, 0.1) is 10.1 Å². The highest BCUT2D eigenvalue weighted by molar-refractivity contribution is 9.10. The van der Waals surface area contributed by atoms with Gasteiger partial charge in [-0.15, -0.1) is 0 Å². The minimum Gasteiger partial charge on any atom is -0.486 e. The van der Waals surface area contributed by atoms with Crippen LogP contribution in [0.1, 0.15) is 5.56 Å². The Hall–Kier alpha value is -1.10. The van der Waals surface area contributed by atoms with Crippen molar-refractivity contribution in [2.45, 2.75) is 12.5 Å². The highest BCUT2D eigenvalue weighted by Crippen LogP contribution is 2.28. The van der Waals surface area contributed by atoms with E-state index >= 15 is 0 Å². The summed E-state index contributed by atoms with van der Waals surface area (Å²) in [6, 6.07) is 4.95. The van der Waals surface area contributed by atoms with Gasteiger partial charge in [0.1, 0.15) is 5.75 Å². The third-order valence-electron chi connectivity index (χ3n) is 2.21. The molecule has 1 heterocycles. The SMILES string of the molecule is O=[N+]([O-])[C@H]1COc2ccc(Br)cc2C1. The molecule has 5 heteroatoms. The second-order valence-corrected chi connectivity index (χ2v) is 4.12. The first-order chi connectivity index (χ1) is 6.66. The van der Waals surface area contributed by atoms with Gasteiger partial charge in [0.05, 0.1) is 0 Å². The molecule has 0 N–H and O–H groups in total. The standard InChI is InChI=1S/C9H8BrNO3/c10-7-1-2-9-6(3-7)4-8(5-14-9)11(12)13/h1-3,8H,4-5H2/t8-/m1/s1. The van der Waals surface area contributed by atoms with Crippen molar-refractivity contribution in [3.05, 3.63) is 38.3 Å². The second-order valence-electron chi connectivity index (χ2n) is 3.21. The number of rotatable bonds is 1. The molecule has 14 heavy (non-hydrogen) atoms. The van der Waals surface area contributed by atoms with Crippen molar-refractivity contribution < 1.29 is 9.66 Å². The van der Waals surface area contributed by atoms with Crippen LogP contribution in [-0.2, 0) is 6.42 Å². The molecule has 0 unspecified atom stereocenters. The molecular weight excluding hydrogens is 250 g/mol. The molecule has 2 rings (SSSR count). The molecule has 0 bridgehead atoms. The summed E-state index contributed by atoms with van der Waals surface area (Å²) in [5, 5.41) is 10.6. The molecule has 0 saturated heterocycles. The second kappa shape index (κ2) is 3.57. The first-order valence-electron chi connectivity index (χ1n) is 4.21. The van der Waals surface area contributed by atoms with Crippen LogP contribution in [0.4, 0.5) is 0 Å². The predicted molar refractivity (Wildman–Crippen MR) is 54.1 cm³/mol. The number of hydrogen-bond acceptors (Lipinski definition) is 3. The molecular formula is C9H8BrNO3. The van der Waals surface area contributed by atoms with Crippen molar-refractivity contribution in [2.24, 2.45) is 0 Å². The Labute approximate surface area is 89.2 Å². The third-order valence-corrected chi connectivity index (χ3v) is 2.70. The van der Waals surface area contributed by atoms with E-state index in [0.717, 1.165) is 15.8 Å². The molecule has 0 spiro atoms. The van der Waals surface area contributed by atoms with Gasteiger partial charge in [-0.1, -0.05) is 15.9 Å². The van der Waals surface area contributed by atoms with Crippen molar-refractivity contribution in [3.8, 4) is 5.75 Å². The number of hydrogen-bond donors (Lipinski definition) is 0. The van der Waals surface area contributed by atoms with Crippen LogP contribution >= 0.6 is 15.9 Å². The van der Waals surface area contributed by atoms with E-state index in [2.05, 4.69) is 15.9 Å². The van der Waals surface area contributed by atoms with Gasteiger partial charge in [0, 0.05) is 21.4 Å². The summed E-state index contributed by atoms with van der Waals surface area (Å²) in [6.07, 6.45) is 0.446. The number of nitro groups is 1. The summed E-state index contributed by atoms with van der Waals surface area (Å²) in [7, 11) is 0. The van der Waals surface area contributed by atoms with Crippen molar-refractivity contribution in [1.82, 2.24) is 0 Å². The number of halogens is 1. The molecule has 1 aromatic rings. The Morgan fingerprint density at radius 1 is 1.57 bits per heavy atom. The molecule has 0 aliphatic carbocycles. The van der Waals surface area contributed by atoms with Crippen LogP contribution in [-0.4, -0.2) is 17.6 Å². The molecule has 0 saturated carbocycles. The van der Waals surface area contributed by atoms with E-state index in [1.165, 1.54) is 0 Å². The molecule has 1 atom stereocenters. The van der Waals surface area contributed by atoms with Gasteiger partial charge >= 0.3 is 0 Å². The molecule has 0 amide bonds. The van der Waals surface area contributed by atoms with Crippen LogP contribution in [0.5, 0.6) is 5.75 Å². The molecule has 4 nitrogen and oxygen atoms in total. The monoisotopic (exact) mass is 257 g/mol. The Kier molecular flexibility index (Phi) is 2.41. The van der Waals surface area contributed by atoms with E-state index in [4.69, 9.17) is 4.74 Å². The van der Waals surface area contributed by atoms with Crippen molar-refractivity contribution in [1.29, 1.82) is 0 Å². The third kappa shape index (κ3) is 1.72. The highest BCUT2D eigenvalue weighted by Gasteiger charge is 2.28. The van der Waals surface area contributed by atoms with E-state index in [0.29, 0.717) is 6.42 Å². The summed E-state index contributed by atoms with van der Waals surface area (Å²) in [6.45, 7) is 0.168. The maximum Gasteiger partial charge on any atom is 0.250 e. The molecule has 1 aliphatic heterocycles. The van der Waals surface area contributed by atoms with Gasteiger partial charge in [-0.2, -0.15) is 0 Å². The Balaban J connectivity index is 2.29. The van der Waals surface area contributed by atoms with Gasteiger partial charge in [0.2, 0.25) is 0 Å². The van der Waals surface area contributed by atoms with Crippen LogP contribution in [0.25, 0.3) is 0 Å². The van der Waals surface area contributed by atoms with Gasteiger partial charge in [-0.05, 0) is 18.2 Å². The van der Waals surface area contributed by atoms with E-state index in [-0.39, 0.29) is 11.5 Å². The lowest BCUT2D eigenvalue weighted by molar-refractivity contribution is -0.525. The average molecular weight is 258 g/mol. The Morgan fingerprint density at radius 3 is 3.07 bits per heavy atom. The highest BCUT2D eigenvalue weighted by atomic mass is 79.9. The summed E-state index contributed by atoms with van der Waals surface area (Å²) < 4.78 is 6.21. The predicted octanol–water partition coefficient (Wildman–Crippen LogP) is 2.03. The largest absolute Gasteiger partial charge is 0.486 e. The van der Waals surface area contributed by atoms with Crippen molar-refractivity contribution >= 4 is 15.9 Å². The zero-order valence-electron chi connectivity index (χ0n) is 7.27. The van der Waals surface area contributed by atoms with Crippen molar-refractivity contribution in [3.63, 3.8) is 0 Å². The van der Waals surface area contributed by atoms with E-state index < -0.39 is 6.04 Å². The quantitative estimate of drug-likeness (QED) is 0.572. The van der Waals surface area contributed by atoms with E-state index in [1.54, 1.807) is 0 Å². The summed E-state index contributed by atoms with van der Waals surface area (Å²) in [4.78, 5) is 10.3. The van der Waals surface area contributed by atoms with Gasteiger partial charge < -0.3 is 4.74 Å². The fourth-order valence-electron chi connectivity index (χ4n) is 1.48. The first-order valence-corrected chi connectivity index (χ1v) is 5.01. The first kappa shape index (κ1) is 9.45. The Morgan fingerprint density at radius 2 is 2.36 bits per heavy atom. The lowest BCUT2D eigenvalue weighted by Gasteiger charge is -2.20. The molecule has 1 aliphatic rings. The molecule has 1 aromatic carbocycles. The van der Waals surface area contributed by atoms with Crippen LogP contribution in [0.15, 0.2) is 22.7 Å². The molecule has 74 valence electrons. The maximum atomic E-state index is 10.6. The summed E-state index contributed by atoms with van der Waals surface area (Å²) in [5.41, 5.74) is 0.896. The topological polar surface area (TPSA) is 52.4 Å². The lowest BCUT2D eigenvalue weighted by Crippen LogP contribution is -2.32. The zero-order chi connectivity index (χ0) is 10.1. The molecule has 0 fully saturated rings.